The fourth-order valence-electron chi connectivity index (χ4n) is 10.9. The molecule has 0 unspecified atom stereocenters. The van der Waals surface area contributed by atoms with Gasteiger partial charge in [-0.2, -0.15) is 0 Å². The van der Waals surface area contributed by atoms with Gasteiger partial charge in [-0.1, -0.05) is 198 Å². The van der Waals surface area contributed by atoms with Gasteiger partial charge in [0.25, 0.3) is 12.3 Å². The maximum absolute atomic E-state index is 7.01. The molecule has 0 amide bonds. The SMILES string of the molecule is CC(C)(C)c1ccnc2c1OC1=NB(c3ccccc3-c3ccccc3)c3ccc(Oc4ccc5c(c4)-n4[c-][n+](-c6c(-c7ccccc7)cccc6-c6ccccc6)c6cccc(c64)[Si]5(C)C)cc3N12. The molecule has 10 aromatic rings. The summed E-state index contributed by atoms with van der Waals surface area (Å²) in [6.45, 7) is 11.2. The Labute approximate surface area is 409 Å². The van der Waals surface area contributed by atoms with E-state index in [-0.39, 0.29) is 12.3 Å². The molecule has 13 rings (SSSR count). The van der Waals surface area contributed by atoms with Crippen molar-refractivity contribution in [1.82, 2.24) is 9.55 Å². The van der Waals surface area contributed by atoms with Crippen LogP contribution >= 0.6 is 0 Å². The van der Waals surface area contributed by atoms with Crippen LogP contribution < -0.4 is 40.2 Å². The van der Waals surface area contributed by atoms with Gasteiger partial charge in [0.05, 0.1) is 28.1 Å². The van der Waals surface area contributed by atoms with Gasteiger partial charge >= 0.3 is 6.85 Å². The van der Waals surface area contributed by atoms with Crippen LogP contribution in [0.1, 0.15) is 26.3 Å². The van der Waals surface area contributed by atoms with Crippen LogP contribution in [0.25, 0.3) is 55.8 Å². The van der Waals surface area contributed by atoms with Crippen molar-refractivity contribution >= 4 is 64.8 Å². The molecule has 3 aliphatic heterocycles. The zero-order valence-corrected chi connectivity index (χ0v) is 40.7. The van der Waals surface area contributed by atoms with Crippen molar-refractivity contribution in [3.63, 3.8) is 0 Å². The smallest absolute Gasteiger partial charge is 0.353 e. The highest BCUT2D eigenvalue weighted by atomic mass is 28.3. The van der Waals surface area contributed by atoms with Gasteiger partial charge in [0.2, 0.25) is 0 Å². The molecule has 0 radical (unpaired) electrons. The van der Waals surface area contributed by atoms with E-state index in [2.05, 4.69) is 248 Å². The van der Waals surface area contributed by atoms with Gasteiger partial charge in [0.15, 0.2) is 11.6 Å². The van der Waals surface area contributed by atoms with Crippen molar-refractivity contribution in [3.8, 4) is 62.0 Å². The van der Waals surface area contributed by atoms with Crippen LogP contribution in [-0.2, 0) is 5.41 Å². The van der Waals surface area contributed by atoms with Crippen molar-refractivity contribution in [2.45, 2.75) is 39.3 Å². The molecule has 0 saturated heterocycles. The highest BCUT2D eigenvalue weighted by molar-refractivity contribution is 7.02. The number of anilines is 2. The third-order valence-corrected chi connectivity index (χ3v) is 17.8. The van der Waals surface area contributed by atoms with Crippen LogP contribution in [0.3, 0.4) is 0 Å². The maximum Gasteiger partial charge on any atom is 0.353 e. The van der Waals surface area contributed by atoms with E-state index in [1.165, 1.54) is 15.9 Å². The summed E-state index contributed by atoms with van der Waals surface area (Å²) in [5.74, 6) is 2.90. The Bertz CT molecular complexity index is 3700. The van der Waals surface area contributed by atoms with E-state index in [0.29, 0.717) is 11.8 Å². The Morgan fingerprint density at radius 3 is 1.89 bits per heavy atom. The number of fused-ring (bicyclic) bond motifs is 7. The molecule has 0 spiro atoms. The van der Waals surface area contributed by atoms with E-state index in [9.17, 15) is 0 Å². The lowest BCUT2D eigenvalue weighted by Gasteiger charge is -2.32. The number of aromatic nitrogens is 3. The average Bonchev–Trinajstić information content (AvgIpc) is 3.97. The molecule has 0 aliphatic carbocycles. The zero-order valence-electron chi connectivity index (χ0n) is 39.7. The molecule has 2 aromatic heterocycles. The second-order valence-corrected chi connectivity index (χ2v) is 24.3. The molecule has 9 heteroatoms. The molecule has 3 aliphatic rings. The molecule has 0 atom stereocenters. The van der Waals surface area contributed by atoms with Gasteiger partial charge in [-0.3, -0.25) is 14.0 Å². The predicted molar refractivity (Wildman–Crippen MR) is 288 cm³/mol. The van der Waals surface area contributed by atoms with E-state index in [1.807, 2.05) is 6.20 Å². The van der Waals surface area contributed by atoms with Crippen LogP contribution in [0.5, 0.6) is 17.2 Å². The summed E-state index contributed by atoms with van der Waals surface area (Å²) in [6, 6.07) is 69.4. The molecule has 0 saturated carbocycles. The molecule has 0 bridgehead atoms. The molecule has 7 nitrogen and oxygen atoms in total. The van der Waals surface area contributed by atoms with Crippen LogP contribution in [0.15, 0.2) is 205 Å². The number of benzene rings is 8. The molecule has 0 fully saturated rings. The second kappa shape index (κ2) is 15.9. The summed E-state index contributed by atoms with van der Waals surface area (Å²) >= 11 is 0. The number of hydrogen-bond acceptors (Lipinski definition) is 5. The number of para-hydroxylation sites is 2. The summed E-state index contributed by atoms with van der Waals surface area (Å²) in [7, 11) is -2.23. The first-order valence-corrected chi connectivity index (χ1v) is 27.0. The highest BCUT2D eigenvalue weighted by Crippen LogP contribution is 2.46. The minimum atomic E-state index is -2.23. The molecular weight excluding hydrogens is 874 g/mol. The van der Waals surface area contributed by atoms with E-state index in [1.54, 1.807) is 0 Å². The lowest BCUT2D eigenvalue weighted by molar-refractivity contribution is -0.571. The first kappa shape index (κ1) is 41.9. The molecule has 0 N–H and O–H groups in total. The van der Waals surface area contributed by atoms with E-state index < -0.39 is 8.07 Å². The Kier molecular flexibility index (Phi) is 9.51. The average molecular weight is 922 g/mol. The largest absolute Gasteiger partial charge is 0.458 e. The maximum atomic E-state index is 7.01. The van der Waals surface area contributed by atoms with Crippen molar-refractivity contribution in [2.24, 2.45) is 4.90 Å². The van der Waals surface area contributed by atoms with Gasteiger partial charge in [0.1, 0.15) is 19.6 Å². The zero-order chi connectivity index (χ0) is 47.3. The number of amidine groups is 1. The number of hydrogen-bond donors (Lipinski definition) is 0. The number of rotatable bonds is 7. The third-order valence-electron chi connectivity index (χ3n) is 14.3. The fraction of sp³-hybridized carbons (Fsp3) is 0.0984. The van der Waals surface area contributed by atoms with Gasteiger partial charge < -0.3 is 9.47 Å². The minimum absolute atomic E-state index is 0.183. The fourth-order valence-corrected chi connectivity index (χ4v) is 13.9. The minimum Gasteiger partial charge on any atom is -0.458 e. The molecular formula is C61H48BN5O2Si. The number of ether oxygens (including phenoxy) is 2. The van der Waals surface area contributed by atoms with Crippen LogP contribution in [-0.4, -0.2) is 30.5 Å². The van der Waals surface area contributed by atoms with Crippen LogP contribution in [0, 0.1) is 6.33 Å². The predicted octanol–water partition coefficient (Wildman–Crippen LogP) is 11.3. The van der Waals surface area contributed by atoms with Gasteiger partial charge in [-0.25, -0.2) is 9.88 Å². The normalized spacial score (nSPS) is 14.0. The summed E-state index contributed by atoms with van der Waals surface area (Å²) in [6.07, 6.45) is 5.82. The van der Waals surface area contributed by atoms with Crippen LogP contribution in [0.2, 0.25) is 13.1 Å². The summed E-state index contributed by atoms with van der Waals surface area (Å²) in [5.41, 5.74) is 15.3. The van der Waals surface area contributed by atoms with Crippen molar-refractivity contribution in [3.05, 3.63) is 212 Å². The number of pyridine rings is 1. The molecule has 5 heterocycles. The Morgan fingerprint density at radius 1 is 0.600 bits per heavy atom. The van der Waals surface area contributed by atoms with Gasteiger partial charge in [-0.05, 0) is 84.4 Å². The third kappa shape index (κ3) is 6.60. The van der Waals surface area contributed by atoms with Crippen molar-refractivity contribution in [1.29, 1.82) is 0 Å². The summed E-state index contributed by atoms with van der Waals surface area (Å²) in [4.78, 5) is 12.4. The van der Waals surface area contributed by atoms with Crippen molar-refractivity contribution < 1.29 is 14.0 Å². The van der Waals surface area contributed by atoms with Crippen molar-refractivity contribution in [2.75, 3.05) is 4.90 Å². The Morgan fingerprint density at radius 2 is 1.20 bits per heavy atom. The number of nitrogens with zero attached hydrogens (tertiary/aromatic N) is 5. The monoisotopic (exact) mass is 921 g/mol. The van der Waals surface area contributed by atoms with E-state index in [4.69, 9.17) is 19.4 Å². The first-order valence-electron chi connectivity index (χ1n) is 24.0. The standard InChI is InChI=1S/C61H48BN5O2Si/c1-61(2,3)48-35-36-63-59-58(48)69-60-64-62(49-28-16-15-25-45(49)40-19-9-6-10-20-40)50-33-31-43(37-52(50)67(59)60)68-44-32-34-54-53(38-44)66-39-65(51-29-18-30-55(57(51)66)70(54,4)5)56-46(41-21-11-7-12-22-41)26-17-27-47(56)42-23-13-8-14-24-42/h6-38H,1-5H3. The summed E-state index contributed by atoms with van der Waals surface area (Å²) in [5, 5.41) is 2.71. The Hall–Kier alpha value is -8.27. The lowest BCUT2D eigenvalue weighted by atomic mass is 9.49. The topological polar surface area (TPSA) is 55.8 Å². The second-order valence-electron chi connectivity index (χ2n) is 20.0. The van der Waals surface area contributed by atoms with Crippen LogP contribution in [0.4, 0.5) is 11.5 Å². The van der Waals surface area contributed by atoms with Gasteiger partial charge in [-0.15, -0.1) is 0 Å². The highest BCUT2D eigenvalue weighted by Gasteiger charge is 2.43. The summed E-state index contributed by atoms with van der Waals surface area (Å²) < 4.78 is 18.4. The first-order chi connectivity index (χ1) is 34.1. The van der Waals surface area contributed by atoms with E-state index in [0.717, 1.165) is 89.8 Å². The lowest BCUT2D eigenvalue weighted by Crippen LogP contribution is -2.57. The number of imidazole rings is 1. The quantitative estimate of drug-likeness (QED) is 0.0908. The Balaban J connectivity index is 0.953. The molecule has 336 valence electrons. The van der Waals surface area contributed by atoms with Gasteiger partial charge in [0, 0.05) is 17.8 Å². The molecule has 8 aromatic carbocycles. The molecule has 70 heavy (non-hydrogen) atoms. The van der Waals surface area contributed by atoms with E-state index >= 15 is 0 Å².